The summed E-state index contributed by atoms with van der Waals surface area (Å²) in [7, 11) is 0. The molecular weight excluding hydrogens is 292 g/mol. The quantitative estimate of drug-likeness (QED) is 0.777. The first-order chi connectivity index (χ1) is 8.65. The van der Waals surface area contributed by atoms with Crippen molar-refractivity contribution in [2.45, 2.75) is 22.0 Å². The van der Waals surface area contributed by atoms with E-state index in [0.29, 0.717) is 6.54 Å². The molecule has 9 heteroatoms. The molecule has 0 aliphatic heterocycles. The summed E-state index contributed by atoms with van der Waals surface area (Å²) in [5.41, 5.74) is 0. The van der Waals surface area contributed by atoms with Crippen LogP contribution in [0.15, 0.2) is 8.68 Å². The third-order valence-corrected chi connectivity index (χ3v) is 4.71. The van der Waals surface area contributed by atoms with Crippen LogP contribution in [0.1, 0.15) is 13.3 Å². The largest absolute Gasteiger partial charge is 0.338 e. The normalized spacial score (nSPS) is 10.1. The lowest BCUT2D eigenvalue weighted by Crippen LogP contribution is -2.40. The van der Waals surface area contributed by atoms with Crippen molar-refractivity contribution in [2.75, 3.05) is 18.6 Å². The number of hydrogen-bond acceptors (Lipinski definition) is 7. The molecule has 0 saturated heterocycles. The van der Waals surface area contributed by atoms with Crippen molar-refractivity contribution in [3.8, 4) is 0 Å². The number of hydrogen-bond donors (Lipinski definition) is 2. The highest BCUT2D eigenvalue weighted by Gasteiger charge is 2.10. The summed E-state index contributed by atoms with van der Waals surface area (Å²) in [5.74, 6) is -0.183. The number of imide groups is 1. The van der Waals surface area contributed by atoms with Crippen LogP contribution >= 0.6 is 34.9 Å². The molecule has 1 heterocycles. The van der Waals surface area contributed by atoms with Crippen LogP contribution in [0.2, 0.25) is 0 Å². The van der Waals surface area contributed by atoms with Gasteiger partial charge in [-0.2, -0.15) is 0 Å². The Hall–Kier alpha value is -0.800. The number of rotatable bonds is 6. The van der Waals surface area contributed by atoms with Gasteiger partial charge in [0.15, 0.2) is 8.68 Å². The minimum Gasteiger partial charge on any atom is -0.338 e. The van der Waals surface area contributed by atoms with Gasteiger partial charge < -0.3 is 5.32 Å². The number of aromatic nitrogens is 2. The molecular formula is C9H14N4O2S3. The van der Waals surface area contributed by atoms with Gasteiger partial charge in [-0.25, -0.2) is 4.79 Å². The van der Waals surface area contributed by atoms with Crippen molar-refractivity contribution in [1.29, 1.82) is 0 Å². The molecule has 1 aromatic rings. The average molecular weight is 306 g/mol. The molecule has 0 spiro atoms. The maximum absolute atomic E-state index is 11.4. The molecule has 2 N–H and O–H groups in total. The zero-order valence-corrected chi connectivity index (χ0v) is 12.5. The van der Waals surface area contributed by atoms with Gasteiger partial charge in [-0.15, -0.1) is 10.2 Å². The lowest BCUT2D eigenvalue weighted by atomic mass is 10.5. The number of nitrogens with one attached hydrogen (secondary N) is 2. The Bertz CT molecular complexity index is 410. The maximum Gasteiger partial charge on any atom is 0.321 e. The summed E-state index contributed by atoms with van der Waals surface area (Å²) in [6, 6.07) is -0.454. The van der Waals surface area contributed by atoms with Crippen molar-refractivity contribution in [2.24, 2.45) is 0 Å². The van der Waals surface area contributed by atoms with Gasteiger partial charge in [-0.3, -0.25) is 10.1 Å². The van der Waals surface area contributed by atoms with Crippen molar-refractivity contribution in [1.82, 2.24) is 20.8 Å². The molecule has 3 amide bonds. The predicted octanol–water partition coefficient (Wildman–Crippen LogP) is 1.59. The van der Waals surface area contributed by atoms with Gasteiger partial charge in [-0.05, 0) is 12.7 Å². The van der Waals surface area contributed by atoms with Crippen LogP contribution in [0.25, 0.3) is 0 Å². The zero-order valence-electron chi connectivity index (χ0n) is 10.1. The fraction of sp³-hybridized carbons (Fsp3) is 0.556. The van der Waals surface area contributed by atoms with E-state index in [4.69, 9.17) is 0 Å². The predicted molar refractivity (Wildman–Crippen MR) is 74.2 cm³/mol. The minimum atomic E-state index is -0.454. The van der Waals surface area contributed by atoms with Gasteiger partial charge in [0.25, 0.3) is 0 Å². The van der Waals surface area contributed by atoms with Gasteiger partial charge in [-0.1, -0.05) is 41.8 Å². The first-order valence-corrected chi connectivity index (χ1v) is 8.26. The van der Waals surface area contributed by atoms with Crippen molar-refractivity contribution < 1.29 is 9.59 Å². The summed E-state index contributed by atoms with van der Waals surface area (Å²) in [6.45, 7) is 2.50. The summed E-state index contributed by atoms with van der Waals surface area (Å²) in [5, 5.41) is 12.6. The summed E-state index contributed by atoms with van der Waals surface area (Å²) < 4.78 is 1.59. The minimum absolute atomic E-state index is 0.155. The van der Waals surface area contributed by atoms with Crippen LogP contribution in [-0.2, 0) is 4.79 Å². The van der Waals surface area contributed by atoms with E-state index in [2.05, 4.69) is 20.8 Å². The molecule has 0 radical (unpaired) electrons. The molecule has 0 aromatic carbocycles. The second-order valence-electron chi connectivity index (χ2n) is 3.13. The van der Waals surface area contributed by atoms with Crippen molar-refractivity contribution in [3.63, 3.8) is 0 Å². The number of carbonyl (C=O) groups is 2. The Morgan fingerprint density at radius 3 is 2.67 bits per heavy atom. The first-order valence-electron chi connectivity index (χ1n) is 5.23. The monoisotopic (exact) mass is 306 g/mol. The summed E-state index contributed by atoms with van der Waals surface area (Å²) in [6.07, 6.45) is 2.75. The highest BCUT2D eigenvalue weighted by molar-refractivity contribution is 8.03. The van der Waals surface area contributed by atoms with Gasteiger partial charge in [0.05, 0.1) is 5.75 Å². The molecule has 0 unspecified atom stereocenters. The third kappa shape index (κ3) is 5.69. The Kier molecular flexibility index (Phi) is 7.06. The summed E-state index contributed by atoms with van der Waals surface area (Å²) in [4.78, 5) is 22.6. The Morgan fingerprint density at radius 1 is 1.33 bits per heavy atom. The average Bonchev–Trinajstić information content (AvgIpc) is 2.82. The molecule has 6 nitrogen and oxygen atoms in total. The number of carbonyl (C=O) groups excluding carboxylic acids is 2. The lowest BCUT2D eigenvalue weighted by Gasteiger charge is -2.04. The zero-order chi connectivity index (χ0) is 13.4. The van der Waals surface area contributed by atoms with Gasteiger partial charge >= 0.3 is 6.03 Å². The molecule has 100 valence electrons. The number of nitrogens with zero attached hydrogens (tertiary/aromatic N) is 2. The van der Waals surface area contributed by atoms with E-state index in [1.165, 1.54) is 34.9 Å². The van der Waals surface area contributed by atoms with Gasteiger partial charge in [0, 0.05) is 6.54 Å². The SMILES string of the molecule is CCCNC(=O)NC(=O)CSc1nnc(SC)s1. The van der Waals surface area contributed by atoms with E-state index in [-0.39, 0.29) is 11.7 Å². The Labute approximate surface area is 118 Å². The van der Waals surface area contributed by atoms with Crippen molar-refractivity contribution >= 4 is 46.8 Å². The van der Waals surface area contributed by atoms with E-state index < -0.39 is 6.03 Å². The van der Waals surface area contributed by atoms with E-state index in [1.54, 1.807) is 0 Å². The van der Waals surface area contributed by atoms with Crippen LogP contribution in [-0.4, -0.2) is 40.7 Å². The number of amides is 3. The van der Waals surface area contributed by atoms with Gasteiger partial charge in [0.1, 0.15) is 0 Å². The lowest BCUT2D eigenvalue weighted by molar-refractivity contribution is -0.117. The van der Waals surface area contributed by atoms with Crippen LogP contribution in [0, 0.1) is 0 Å². The molecule has 1 rings (SSSR count). The standard InChI is InChI=1S/C9H14N4O2S3/c1-3-4-10-7(15)11-6(14)5-17-9-13-12-8(16-2)18-9/h3-5H2,1-2H3,(H2,10,11,14,15). The third-order valence-electron chi connectivity index (χ3n) is 1.68. The van der Waals surface area contributed by atoms with Crippen LogP contribution < -0.4 is 10.6 Å². The van der Waals surface area contributed by atoms with Crippen LogP contribution in [0.5, 0.6) is 0 Å². The highest BCUT2D eigenvalue weighted by atomic mass is 32.2. The number of thioether (sulfide) groups is 2. The fourth-order valence-corrected chi connectivity index (χ4v) is 3.15. The van der Waals surface area contributed by atoms with E-state index in [0.717, 1.165) is 15.1 Å². The van der Waals surface area contributed by atoms with Crippen LogP contribution in [0.4, 0.5) is 4.79 Å². The fourth-order valence-electron chi connectivity index (χ4n) is 0.911. The molecule has 0 atom stereocenters. The smallest absolute Gasteiger partial charge is 0.321 e. The van der Waals surface area contributed by atoms with Gasteiger partial charge in [0.2, 0.25) is 5.91 Å². The van der Waals surface area contributed by atoms with E-state index in [9.17, 15) is 9.59 Å². The molecule has 1 aromatic heterocycles. The number of urea groups is 1. The molecule has 0 aliphatic rings. The Morgan fingerprint density at radius 2 is 2.06 bits per heavy atom. The maximum atomic E-state index is 11.4. The first kappa shape index (κ1) is 15.3. The molecule has 0 aliphatic carbocycles. The van der Waals surface area contributed by atoms with Crippen LogP contribution in [0.3, 0.4) is 0 Å². The van der Waals surface area contributed by atoms with E-state index >= 15 is 0 Å². The highest BCUT2D eigenvalue weighted by Crippen LogP contribution is 2.26. The second kappa shape index (κ2) is 8.33. The topological polar surface area (TPSA) is 84.0 Å². The molecule has 0 bridgehead atoms. The Balaban J connectivity index is 2.26. The van der Waals surface area contributed by atoms with Crippen molar-refractivity contribution in [3.05, 3.63) is 0 Å². The molecule has 0 fully saturated rings. The van der Waals surface area contributed by atoms with E-state index in [1.807, 2.05) is 13.2 Å². The molecule has 0 saturated carbocycles. The molecule has 18 heavy (non-hydrogen) atoms. The summed E-state index contributed by atoms with van der Waals surface area (Å²) >= 11 is 4.21. The second-order valence-corrected chi connectivity index (χ2v) is 6.38.